The van der Waals surface area contributed by atoms with Gasteiger partial charge in [-0.2, -0.15) is 0 Å². The summed E-state index contributed by atoms with van der Waals surface area (Å²) < 4.78 is 11.3. The molecule has 0 saturated heterocycles. The summed E-state index contributed by atoms with van der Waals surface area (Å²) in [6, 6.07) is 27.1. The third kappa shape index (κ3) is 5.79. The molecule has 0 saturated carbocycles. The number of para-hydroxylation sites is 2. The first-order chi connectivity index (χ1) is 12.8. The molecule has 5 heteroatoms. The van der Waals surface area contributed by atoms with E-state index in [2.05, 4.69) is 10.6 Å². The molecular formula is C21H20N2O2S. The maximum atomic E-state index is 5.68. The molecular weight excluding hydrogens is 344 g/mol. The molecule has 0 aromatic heterocycles. The molecule has 2 N–H and O–H groups in total. The number of thiocarbonyl (C=S) groups is 1. The van der Waals surface area contributed by atoms with E-state index in [-0.39, 0.29) is 0 Å². The number of hydrogen-bond acceptors (Lipinski definition) is 3. The fourth-order valence-electron chi connectivity index (χ4n) is 2.29. The Morgan fingerprint density at radius 1 is 0.615 bits per heavy atom. The zero-order valence-corrected chi connectivity index (χ0v) is 15.0. The van der Waals surface area contributed by atoms with Crippen LogP contribution in [0.4, 0.5) is 11.4 Å². The van der Waals surface area contributed by atoms with E-state index in [1.165, 1.54) is 0 Å². The summed E-state index contributed by atoms with van der Waals surface area (Å²) >= 11 is 5.31. The summed E-state index contributed by atoms with van der Waals surface area (Å²) in [5.74, 6) is 1.63. The van der Waals surface area contributed by atoms with Gasteiger partial charge >= 0.3 is 0 Å². The standard InChI is InChI=1S/C21H20N2O2S/c26-21(22-17-7-3-1-4-8-17)23-18-11-13-20(14-12-18)25-16-15-24-19-9-5-2-6-10-19/h1-14H,15-16H2,(H2,22,23,26). The van der Waals surface area contributed by atoms with Crippen LogP contribution in [-0.4, -0.2) is 18.3 Å². The van der Waals surface area contributed by atoms with E-state index >= 15 is 0 Å². The first-order valence-electron chi connectivity index (χ1n) is 8.33. The Morgan fingerprint density at radius 2 is 1.08 bits per heavy atom. The minimum absolute atomic E-state index is 0.482. The molecule has 0 aliphatic rings. The molecule has 0 fully saturated rings. The fraction of sp³-hybridized carbons (Fsp3) is 0.0952. The molecule has 3 rings (SSSR count). The molecule has 132 valence electrons. The Labute approximate surface area is 158 Å². The maximum Gasteiger partial charge on any atom is 0.175 e. The molecule has 0 unspecified atom stereocenters. The summed E-state index contributed by atoms with van der Waals surface area (Å²) in [5, 5.41) is 6.82. The van der Waals surface area contributed by atoms with Gasteiger partial charge in [0, 0.05) is 11.4 Å². The van der Waals surface area contributed by atoms with Crippen molar-refractivity contribution in [3.63, 3.8) is 0 Å². The normalized spacial score (nSPS) is 10.0. The van der Waals surface area contributed by atoms with E-state index in [1.54, 1.807) is 0 Å². The number of nitrogens with one attached hydrogen (secondary N) is 2. The van der Waals surface area contributed by atoms with Crippen LogP contribution in [0.15, 0.2) is 84.9 Å². The maximum absolute atomic E-state index is 5.68. The zero-order chi connectivity index (χ0) is 18.0. The van der Waals surface area contributed by atoms with Crippen molar-refractivity contribution in [1.29, 1.82) is 0 Å². The largest absolute Gasteiger partial charge is 0.490 e. The van der Waals surface area contributed by atoms with Gasteiger partial charge in [0.05, 0.1) is 0 Å². The first-order valence-corrected chi connectivity index (χ1v) is 8.74. The van der Waals surface area contributed by atoms with E-state index in [1.807, 2.05) is 84.9 Å². The lowest BCUT2D eigenvalue weighted by atomic mass is 10.3. The van der Waals surface area contributed by atoms with Crippen LogP contribution in [0.2, 0.25) is 0 Å². The van der Waals surface area contributed by atoms with Crippen LogP contribution >= 0.6 is 12.2 Å². The molecule has 3 aromatic rings. The molecule has 0 heterocycles. The number of anilines is 2. The van der Waals surface area contributed by atoms with Crippen molar-refractivity contribution >= 4 is 28.7 Å². The van der Waals surface area contributed by atoms with Crippen molar-refractivity contribution in [3.8, 4) is 11.5 Å². The van der Waals surface area contributed by atoms with Gasteiger partial charge in [0.25, 0.3) is 0 Å². The molecule has 3 aromatic carbocycles. The van der Waals surface area contributed by atoms with Crippen molar-refractivity contribution in [3.05, 3.63) is 84.9 Å². The second-order valence-electron chi connectivity index (χ2n) is 5.48. The summed E-state index contributed by atoms with van der Waals surface area (Å²) in [5.41, 5.74) is 1.84. The highest BCUT2D eigenvalue weighted by Gasteiger charge is 2.00. The highest BCUT2D eigenvalue weighted by molar-refractivity contribution is 7.80. The highest BCUT2D eigenvalue weighted by Crippen LogP contribution is 2.16. The van der Waals surface area contributed by atoms with Crippen molar-refractivity contribution in [2.24, 2.45) is 0 Å². The van der Waals surface area contributed by atoms with Gasteiger partial charge in [0.15, 0.2) is 5.11 Å². The van der Waals surface area contributed by atoms with Crippen LogP contribution in [0, 0.1) is 0 Å². The van der Waals surface area contributed by atoms with Crippen molar-refractivity contribution in [2.45, 2.75) is 0 Å². The van der Waals surface area contributed by atoms with Gasteiger partial charge in [-0.3, -0.25) is 0 Å². The topological polar surface area (TPSA) is 42.5 Å². The number of hydrogen-bond donors (Lipinski definition) is 2. The Hall–Kier alpha value is -3.05. The molecule has 0 spiro atoms. The van der Waals surface area contributed by atoms with E-state index in [0.717, 1.165) is 22.9 Å². The second-order valence-corrected chi connectivity index (χ2v) is 5.89. The average molecular weight is 364 g/mol. The molecule has 0 bridgehead atoms. The molecule has 0 aliphatic carbocycles. The second kappa shape index (κ2) is 9.44. The lowest BCUT2D eigenvalue weighted by Gasteiger charge is -2.12. The third-order valence-electron chi connectivity index (χ3n) is 3.51. The number of rotatable bonds is 7. The summed E-state index contributed by atoms with van der Waals surface area (Å²) in [6.07, 6.45) is 0. The van der Waals surface area contributed by atoms with Crippen LogP contribution in [0.25, 0.3) is 0 Å². The summed E-state index contributed by atoms with van der Waals surface area (Å²) in [7, 11) is 0. The quantitative estimate of drug-likeness (QED) is 0.458. The van der Waals surface area contributed by atoms with E-state index in [9.17, 15) is 0 Å². The third-order valence-corrected chi connectivity index (χ3v) is 3.71. The van der Waals surface area contributed by atoms with Crippen LogP contribution in [0.5, 0.6) is 11.5 Å². The van der Waals surface area contributed by atoms with Crippen LogP contribution in [0.1, 0.15) is 0 Å². The van der Waals surface area contributed by atoms with Crippen molar-refractivity contribution in [2.75, 3.05) is 23.8 Å². The molecule has 4 nitrogen and oxygen atoms in total. The van der Waals surface area contributed by atoms with Gasteiger partial charge in [-0.15, -0.1) is 0 Å². The SMILES string of the molecule is S=C(Nc1ccccc1)Nc1ccc(OCCOc2ccccc2)cc1. The van der Waals surface area contributed by atoms with Gasteiger partial charge < -0.3 is 20.1 Å². The minimum atomic E-state index is 0.482. The summed E-state index contributed by atoms with van der Waals surface area (Å²) in [4.78, 5) is 0. The lowest BCUT2D eigenvalue weighted by Crippen LogP contribution is -2.18. The zero-order valence-electron chi connectivity index (χ0n) is 14.2. The Morgan fingerprint density at radius 3 is 1.65 bits per heavy atom. The predicted molar refractivity (Wildman–Crippen MR) is 110 cm³/mol. The van der Waals surface area contributed by atoms with Crippen molar-refractivity contribution < 1.29 is 9.47 Å². The van der Waals surface area contributed by atoms with Crippen molar-refractivity contribution in [1.82, 2.24) is 0 Å². The van der Waals surface area contributed by atoms with Gasteiger partial charge in [-0.05, 0) is 60.7 Å². The van der Waals surface area contributed by atoms with E-state index in [0.29, 0.717) is 18.3 Å². The van der Waals surface area contributed by atoms with Gasteiger partial charge in [0.1, 0.15) is 24.7 Å². The van der Waals surface area contributed by atoms with Gasteiger partial charge in [-0.25, -0.2) is 0 Å². The van der Waals surface area contributed by atoms with E-state index in [4.69, 9.17) is 21.7 Å². The minimum Gasteiger partial charge on any atom is -0.490 e. The Bertz CT molecular complexity index is 808. The Balaban J connectivity index is 1.41. The fourth-order valence-corrected chi connectivity index (χ4v) is 2.52. The number of benzene rings is 3. The molecule has 0 amide bonds. The van der Waals surface area contributed by atoms with E-state index < -0.39 is 0 Å². The molecule has 0 radical (unpaired) electrons. The first kappa shape index (κ1) is 17.8. The smallest absolute Gasteiger partial charge is 0.175 e. The molecule has 0 aliphatic heterocycles. The Kier molecular flexibility index (Phi) is 6.45. The predicted octanol–water partition coefficient (Wildman–Crippen LogP) is 4.95. The molecule has 26 heavy (non-hydrogen) atoms. The van der Waals surface area contributed by atoms with Crippen LogP contribution in [-0.2, 0) is 0 Å². The lowest BCUT2D eigenvalue weighted by molar-refractivity contribution is 0.217. The number of ether oxygens (including phenoxy) is 2. The molecule has 0 atom stereocenters. The van der Waals surface area contributed by atoms with Gasteiger partial charge in [0.2, 0.25) is 0 Å². The van der Waals surface area contributed by atoms with Crippen LogP contribution in [0.3, 0.4) is 0 Å². The summed E-state index contributed by atoms with van der Waals surface area (Å²) in [6.45, 7) is 0.977. The highest BCUT2D eigenvalue weighted by atomic mass is 32.1. The average Bonchev–Trinajstić information content (AvgIpc) is 2.68. The van der Waals surface area contributed by atoms with Gasteiger partial charge in [-0.1, -0.05) is 36.4 Å². The monoisotopic (exact) mass is 364 g/mol. The van der Waals surface area contributed by atoms with Crippen LogP contribution < -0.4 is 20.1 Å².